The van der Waals surface area contributed by atoms with Crippen LogP contribution in [0.25, 0.3) is 0 Å². The predicted octanol–water partition coefficient (Wildman–Crippen LogP) is 4.67. The molecule has 3 aromatic carbocycles. The first-order valence-corrected chi connectivity index (χ1v) is 12.4. The number of benzene rings is 3. The summed E-state index contributed by atoms with van der Waals surface area (Å²) in [5.74, 6) is -0.370. The maximum absolute atomic E-state index is 13.4. The van der Waals surface area contributed by atoms with Crippen LogP contribution in [0.2, 0.25) is 0 Å². The lowest BCUT2D eigenvalue weighted by atomic mass is 9.94. The third-order valence-electron chi connectivity index (χ3n) is 5.75. The molecule has 3 aromatic rings. The molecule has 2 atom stereocenters. The Morgan fingerprint density at radius 3 is 2.06 bits per heavy atom. The predicted molar refractivity (Wildman–Crippen MR) is 130 cm³/mol. The van der Waals surface area contributed by atoms with Gasteiger partial charge in [-0.1, -0.05) is 60.7 Å². The number of hydrogen-bond donors (Lipinski definition) is 1. The molecule has 0 aliphatic heterocycles. The van der Waals surface area contributed by atoms with Crippen LogP contribution in [0.3, 0.4) is 0 Å². The Morgan fingerprint density at radius 2 is 1.47 bits per heavy atom. The van der Waals surface area contributed by atoms with Crippen molar-refractivity contribution in [3.8, 4) is 0 Å². The monoisotopic (exact) mass is 450 g/mol. The molecule has 6 heteroatoms. The summed E-state index contributed by atoms with van der Waals surface area (Å²) < 4.78 is 26.6. The number of nitrogens with zero attached hydrogens (tertiary/aromatic N) is 1. The molecule has 0 saturated heterocycles. The number of sulfonamides is 1. The summed E-state index contributed by atoms with van der Waals surface area (Å²) in [6, 6.07) is 21.6. The highest BCUT2D eigenvalue weighted by atomic mass is 32.2. The zero-order valence-corrected chi connectivity index (χ0v) is 20.0. The van der Waals surface area contributed by atoms with Gasteiger partial charge in [-0.15, -0.1) is 0 Å². The molecule has 0 spiro atoms. The highest BCUT2D eigenvalue weighted by Crippen LogP contribution is 2.27. The second-order valence-corrected chi connectivity index (χ2v) is 10.1. The van der Waals surface area contributed by atoms with Crippen molar-refractivity contribution < 1.29 is 13.2 Å². The first kappa shape index (κ1) is 23.5. The minimum atomic E-state index is -3.69. The molecule has 0 saturated carbocycles. The zero-order chi connectivity index (χ0) is 23.5. The Morgan fingerprint density at radius 1 is 0.844 bits per heavy atom. The SMILES string of the molecule is Cc1ccc(N([C@@H](C)C(=O)N[C@H](c2ccccc2)c2ccccc2C)S(C)(=O)=O)cc1C. The van der Waals surface area contributed by atoms with E-state index in [1.807, 2.05) is 81.4 Å². The van der Waals surface area contributed by atoms with Gasteiger partial charge in [0.05, 0.1) is 18.0 Å². The molecule has 0 fully saturated rings. The van der Waals surface area contributed by atoms with Crippen molar-refractivity contribution in [2.24, 2.45) is 0 Å². The van der Waals surface area contributed by atoms with Gasteiger partial charge in [-0.05, 0) is 67.6 Å². The van der Waals surface area contributed by atoms with E-state index in [9.17, 15) is 13.2 Å². The van der Waals surface area contributed by atoms with Crippen LogP contribution in [-0.4, -0.2) is 26.6 Å². The van der Waals surface area contributed by atoms with Crippen molar-refractivity contribution >= 4 is 21.6 Å². The van der Waals surface area contributed by atoms with Gasteiger partial charge in [0, 0.05) is 0 Å². The average molecular weight is 451 g/mol. The van der Waals surface area contributed by atoms with E-state index >= 15 is 0 Å². The summed E-state index contributed by atoms with van der Waals surface area (Å²) in [6.07, 6.45) is 1.13. The number of aryl methyl sites for hydroxylation is 3. The Balaban J connectivity index is 1.98. The molecular formula is C26H30N2O3S. The van der Waals surface area contributed by atoms with E-state index < -0.39 is 22.1 Å². The highest BCUT2D eigenvalue weighted by molar-refractivity contribution is 7.92. The van der Waals surface area contributed by atoms with E-state index in [1.54, 1.807) is 19.1 Å². The van der Waals surface area contributed by atoms with Crippen LogP contribution < -0.4 is 9.62 Å². The van der Waals surface area contributed by atoms with Crippen LogP contribution >= 0.6 is 0 Å². The van der Waals surface area contributed by atoms with Crippen molar-refractivity contribution in [3.63, 3.8) is 0 Å². The summed E-state index contributed by atoms with van der Waals surface area (Å²) in [5, 5.41) is 3.09. The second kappa shape index (κ2) is 9.57. The van der Waals surface area contributed by atoms with Crippen molar-refractivity contribution in [3.05, 3.63) is 101 Å². The number of hydrogen-bond acceptors (Lipinski definition) is 3. The van der Waals surface area contributed by atoms with E-state index in [2.05, 4.69) is 5.32 Å². The van der Waals surface area contributed by atoms with Gasteiger partial charge < -0.3 is 5.32 Å². The largest absolute Gasteiger partial charge is 0.343 e. The Bertz CT molecular complexity index is 1210. The molecule has 0 aromatic heterocycles. The van der Waals surface area contributed by atoms with Crippen molar-refractivity contribution in [1.82, 2.24) is 5.32 Å². The van der Waals surface area contributed by atoms with E-state index in [4.69, 9.17) is 0 Å². The lowest BCUT2D eigenvalue weighted by molar-refractivity contribution is -0.122. The number of anilines is 1. The van der Waals surface area contributed by atoms with Crippen LogP contribution in [0.4, 0.5) is 5.69 Å². The molecule has 5 nitrogen and oxygen atoms in total. The number of nitrogens with one attached hydrogen (secondary N) is 1. The molecule has 0 unspecified atom stereocenters. The number of carbonyl (C=O) groups excluding carboxylic acids is 1. The van der Waals surface area contributed by atoms with E-state index in [1.165, 1.54) is 4.31 Å². The highest BCUT2D eigenvalue weighted by Gasteiger charge is 2.31. The third-order valence-corrected chi connectivity index (χ3v) is 6.99. The van der Waals surface area contributed by atoms with Gasteiger partial charge in [0.25, 0.3) is 0 Å². The maximum atomic E-state index is 13.4. The molecule has 0 aliphatic carbocycles. The number of amides is 1. The molecule has 0 bridgehead atoms. The minimum absolute atomic E-state index is 0.370. The molecule has 0 radical (unpaired) electrons. The molecule has 0 aliphatic rings. The molecule has 32 heavy (non-hydrogen) atoms. The van der Waals surface area contributed by atoms with Crippen molar-refractivity contribution in [2.75, 3.05) is 10.6 Å². The van der Waals surface area contributed by atoms with Crippen molar-refractivity contribution in [2.45, 2.75) is 39.8 Å². The summed E-state index contributed by atoms with van der Waals surface area (Å²) >= 11 is 0. The maximum Gasteiger partial charge on any atom is 0.244 e. The fraction of sp³-hybridized carbons (Fsp3) is 0.269. The molecular weight excluding hydrogens is 420 g/mol. The zero-order valence-electron chi connectivity index (χ0n) is 19.2. The van der Waals surface area contributed by atoms with Crippen LogP contribution in [-0.2, 0) is 14.8 Å². The number of carbonyl (C=O) groups is 1. The molecule has 1 amide bonds. The molecule has 0 heterocycles. The summed E-state index contributed by atoms with van der Waals surface area (Å²) in [7, 11) is -3.69. The fourth-order valence-corrected chi connectivity index (χ4v) is 5.00. The van der Waals surface area contributed by atoms with Crippen molar-refractivity contribution in [1.29, 1.82) is 0 Å². The topological polar surface area (TPSA) is 66.5 Å². The lowest BCUT2D eigenvalue weighted by Crippen LogP contribution is -2.48. The second-order valence-electron chi connectivity index (χ2n) is 8.21. The molecule has 1 N–H and O–H groups in total. The van der Waals surface area contributed by atoms with Gasteiger partial charge in [-0.25, -0.2) is 8.42 Å². The van der Waals surface area contributed by atoms with Crippen LogP contribution in [0.5, 0.6) is 0 Å². The minimum Gasteiger partial charge on any atom is -0.343 e. The summed E-state index contributed by atoms with van der Waals surface area (Å²) in [4.78, 5) is 13.4. The number of rotatable bonds is 7. The van der Waals surface area contributed by atoms with Gasteiger partial charge in [0.1, 0.15) is 6.04 Å². The standard InChI is InChI=1S/C26H30N2O3S/c1-18-15-16-23(17-20(18)3)28(32(5,30)31)21(4)26(29)27-25(22-12-7-6-8-13-22)24-14-10-9-11-19(24)2/h6-17,21,25H,1-5H3,(H,27,29)/t21-,25+/m0/s1. The lowest BCUT2D eigenvalue weighted by Gasteiger charge is -2.31. The Kier molecular flexibility index (Phi) is 7.04. The van der Waals surface area contributed by atoms with E-state index in [0.717, 1.165) is 34.1 Å². The molecule has 168 valence electrons. The smallest absolute Gasteiger partial charge is 0.244 e. The Labute approximate surface area is 191 Å². The summed E-state index contributed by atoms with van der Waals surface area (Å²) in [5.41, 5.74) is 5.44. The van der Waals surface area contributed by atoms with Gasteiger partial charge in [0.2, 0.25) is 15.9 Å². The average Bonchev–Trinajstić information content (AvgIpc) is 2.74. The first-order valence-electron chi connectivity index (χ1n) is 10.6. The van der Waals surface area contributed by atoms with E-state index in [0.29, 0.717) is 5.69 Å². The van der Waals surface area contributed by atoms with Crippen LogP contribution in [0.1, 0.15) is 40.8 Å². The van der Waals surface area contributed by atoms with Gasteiger partial charge in [-0.2, -0.15) is 0 Å². The first-order chi connectivity index (χ1) is 15.1. The van der Waals surface area contributed by atoms with Crippen LogP contribution in [0.15, 0.2) is 72.8 Å². The molecule has 3 rings (SSSR count). The van der Waals surface area contributed by atoms with E-state index in [-0.39, 0.29) is 5.91 Å². The summed E-state index contributed by atoms with van der Waals surface area (Å²) in [6.45, 7) is 7.50. The van der Waals surface area contributed by atoms with Gasteiger partial charge >= 0.3 is 0 Å². The third kappa shape index (κ3) is 5.19. The normalized spacial score (nSPS) is 13.3. The van der Waals surface area contributed by atoms with Gasteiger partial charge in [0.15, 0.2) is 0 Å². The van der Waals surface area contributed by atoms with Gasteiger partial charge in [-0.3, -0.25) is 9.10 Å². The Hall–Kier alpha value is -3.12. The quantitative estimate of drug-likeness (QED) is 0.569. The fourth-order valence-electron chi connectivity index (χ4n) is 3.83. The van der Waals surface area contributed by atoms with Crippen LogP contribution in [0, 0.1) is 20.8 Å².